The molecule has 0 bridgehead atoms. The standard InChI is InChI=1S/C13H11BN6OS/c1-3-8-10(20-6-7(2)4-16-13(20)17-8)11(21)15-5-9-18-19-12(14)22-9/h4H,3,5H2,1-2H3/p+1. The molecule has 7 nitrogen and oxygen atoms in total. The maximum Gasteiger partial charge on any atom is 0.446 e. The molecule has 1 N–H and O–H groups in total. The third-order valence-corrected chi connectivity index (χ3v) is 3.78. The number of allylic oxidation sites excluding steroid dienone is 2. The summed E-state index contributed by atoms with van der Waals surface area (Å²) in [4.78, 5) is 21.5. The molecule has 0 fully saturated rings. The summed E-state index contributed by atoms with van der Waals surface area (Å²) in [6.45, 7) is 4.07. The van der Waals surface area contributed by atoms with Crippen LogP contribution in [0.1, 0.15) is 25.3 Å². The molecule has 3 rings (SSSR count). The number of hydrogen-bond acceptors (Lipinski definition) is 6. The average Bonchev–Trinajstić information content (AvgIpc) is 3.07. The second kappa shape index (κ2) is 5.78. The van der Waals surface area contributed by atoms with Crippen LogP contribution < -0.4 is 10.2 Å². The largest absolute Gasteiger partial charge is 0.446 e. The molecule has 0 unspecified atom stereocenters. The zero-order valence-corrected chi connectivity index (χ0v) is 12.9. The van der Waals surface area contributed by atoms with Gasteiger partial charge in [0, 0.05) is 6.42 Å². The van der Waals surface area contributed by atoms with Crippen LogP contribution in [0.15, 0.2) is 27.0 Å². The van der Waals surface area contributed by atoms with Crippen molar-refractivity contribution in [1.29, 1.82) is 0 Å². The van der Waals surface area contributed by atoms with Gasteiger partial charge in [-0.15, -0.1) is 21.0 Å². The molecular formula is C13H12BN6OS+. The van der Waals surface area contributed by atoms with E-state index in [1.807, 2.05) is 13.8 Å². The number of carbonyl (C=O) groups excluding carboxylic acids is 1. The van der Waals surface area contributed by atoms with Crippen LogP contribution >= 0.6 is 11.3 Å². The Morgan fingerprint density at radius 1 is 1.50 bits per heavy atom. The zero-order valence-electron chi connectivity index (χ0n) is 12.1. The Balaban J connectivity index is 1.83. The van der Waals surface area contributed by atoms with Crippen LogP contribution in [0.2, 0.25) is 0 Å². The maximum absolute atomic E-state index is 12.5. The molecular weight excluding hydrogens is 299 g/mol. The van der Waals surface area contributed by atoms with Crippen molar-refractivity contribution in [2.75, 3.05) is 0 Å². The molecule has 0 saturated heterocycles. The molecule has 0 aliphatic carbocycles. The minimum Gasteiger partial charge on any atom is -0.343 e. The average molecular weight is 311 g/mol. The number of guanidine groups is 1. The fourth-order valence-corrected chi connectivity index (χ4v) is 2.61. The van der Waals surface area contributed by atoms with Crippen molar-refractivity contribution in [2.24, 2.45) is 9.98 Å². The van der Waals surface area contributed by atoms with Gasteiger partial charge in [-0.1, -0.05) is 16.9 Å². The first-order valence-corrected chi connectivity index (χ1v) is 7.52. The Hall–Kier alpha value is -2.38. The monoisotopic (exact) mass is 311 g/mol. The van der Waals surface area contributed by atoms with E-state index >= 15 is 0 Å². The minimum atomic E-state index is -0.248. The third-order valence-electron chi connectivity index (χ3n) is 3.03. The number of carbonyl (C=O) groups is 1. The van der Waals surface area contributed by atoms with Gasteiger partial charge in [0.1, 0.15) is 11.2 Å². The van der Waals surface area contributed by atoms with Crippen molar-refractivity contribution in [3.63, 3.8) is 0 Å². The number of rotatable bonds is 4. The second-order valence-corrected chi connectivity index (χ2v) is 5.76. The number of nitrogens with zero attached hydrogens (tertiary/aromatic N) is 5. The molecule has 0 atom stereocenters. The molecule has 1 aromatic rings. The fourth-order valence-electron chi connectivity index (χ4n) is 2.06. The van der Waals surface area contributed by atoms with Gasteiger partial charge in [0.15, 0.2) is 13.5 Å². The summed E-state index contributed by atoms with van der Waals surface area (Å²) in [6.07, 6.45) is 2.30. The van der Waals surface area contributed by atoms with Crippen molar-refractivity contribution < 1.29 is 9.37 Å². The van der Waals surface area contributed by atoms with Crippen molar-refractivity contribution in [2.45, 2.75) is 26.8 Å². The summed E-state index contributed by atoms with van der Waals surface area (Å²) in [5.74, 6) is 3.30. The molecule has 9 heteroatoms. The van der Waals surface area contributed by atoms with Crippen LogP contribution in [-0.2, 0) is 11.3 Å². The highest BCUT2D eigenvalue weighted by atomic mass is 32.1. The third kappa shape index (κ3) is 2.68. The number of fused-ring (bicyclic) bond motifs is 1. The predicted octanol–water partition coefficient (Wildman–Crippen LogP) is -0.348. The maximum atomic E-state index is 12.5. The van der Waals surface area contributed by atoms with E-state index in [0.29, 0.717) is 33.7 Å². The van der Waals surface area contributed by atoms with Gasteiger partial charge in [0.25, 0.3) is 5.91 Å². The molecule has 22 heavy (non-hydrogen) atoms. The first-order chi connectivity index (χ1) is 10.6. The molecule has 108 valence electrons. The Labute approximate surface area is 132 Å². The first-order valence-electron chi connectivity index (χ1n) is 6.70. The number of nitrogens with one attached hydrogen (secondary N) is 1. The summed E-state index contributed by atoms with van der Waals surface area (Å²) in [5.41, 5.74) is 1.97. The predicted molar refractivity (Wildman–Crippen MR) is 84.8 cm³/mol. The number of hydrogen-bond donors (Lipinski definition) is 1. The van der Waals surface area contributed by atoms with Gasteiger partial charge < -0.3 is 5.32 Å². The van der Waals surface area contributed by atoms with E-state index in [-0.39, 0.29) is 12.5 Å². The summed E-state index contributed by atoms with van der Waals surface area (Å²) >= 11 is 1.24. The van der Waals surface area contributed by atoms with Gasteiger partial charge in [-0.2, -0.15) is 5.10 Å². The molecule has 2 radical (unpaired) electrons. The van der Waals surface area contributed by atoms with Crippen molar-refractivity contribution in [3.05, 3.63) is 22.0 Å². The summed E-state index contributed by atoms with van der Waals surface area (Å²) in [6, 6.07) is 0. The minimum absolute atomic E-state index is 0.248. The van der Waals surface area contributed by atoms with Crippen LogP contribution in [0.25, 0.3) is 0 Å². The van der Waals surface area contributed by atoms with E-state index < -0.39 is 0 Å². The molecule has 1 amide bonds. The molecule has 0 aromatic carbocycles. The quantitative estimate of drug-likeness (QED) is 0.609. The van der Waals surface area contributed by atoms with Gasteiger partial charge in [0.05, 0.1) is 22.9 Å². The highest BCUT2D eigenvalue weighted by Crippen LogP contribution is 2.21. The second-order valence-electron chi connectivity index (χ2n) is 4.67. The lowest BCUT2D eigenvalue weighted by molar-refractivity contribution is -0.334. The van der Waals surface area contributed by atoms with Crippen LogP contribution in [0.4, 0.5) is 0 Å². The Morgan fingerprint density at radius 3 is 3.00 bits per heavy atom. The van der Waals surface area contributed by atoms with Gasteiger partial charge in [-0.3, -0.25) is 4.79 Å². The van der Waals surface area contributed by atoms with E-state index in [1.54, 1.807) is 10.8 Å². The highest BCUT2D eigenvalue weighted by molar-refractivity contribution is 7.19. The van der Waals surface area contributed by atoms with Crippen LogP contribution in [0.5, 0.6) is 0 Å². The lowest BCUT2D eigenvalue weighted by Gasteiger charge is -2.05. The van der Waals surface area contributed by atoms with E-state index in [4.69, 9.17) is 7.85 Å². The van der Waals surface area contributed by atoms with Gasteiger partial charge in [-0.05, 0) is 6.92 Å². The van der Waals surface area contributed by atoms with E-state index in [0.717, 1.165) is 5.57 Å². The first kappa shape index (κ1) is 14.6. The molecule has 2 aliphatic rings. The summed E-state index contributed by atoms with van der Waals surface area (Å²) in [5, 5.41) is 11.0. The molecule has 1 aromatic heterocycles. The van der Waals surface area contributed by atoms with Gasteiger partial charge in [-0.25, -0.2) is 0 Å². The SMILES string of the molecule is [B]c1nnc(CNC(=O)C2=C(CC)N=C3N=CC(C)=C=[N+]32)s1. The highest BCUT2D eigenvalue weighted by Gasteiger charge is 2.36. The lowest BCUT2D eigenvalue weighted by Crippen LogP contribution is -2.31. The number of amides is 1. The normalized spacial score (nSPS) is 16.2. The lowest BCUT2D eigenvalue weighted by atomic mass is 10.2. The molecule has 3 heterocycles. The van der Waals surface area contributed by atoms with Crippen molar-refractivity contribution >= 4 is 48.0 Å². The van der Waals surface area contributed by atoms with Crippen LogP contribution in [0, 0.1) is 0 Å². The molecule has 0 spiro atoms. The Kier molecular flexibility index (Phi) is 3.83. The smallest absolute Gasteiger partial charge is 0.343 e. The van der Waals surface area contributed by atoms with E-state index in [1.165, 1.54) is 11.3 Å². The fraction of sp³-hybridized carbons (Fsp3) is 0.308. The summed E-state index contributed by atoms with van der Waals surface area (Å²) in [7, 11) is 5.52. The number of aliphatic imine (C=N–C) groups is 2. The van der Waals surface area contributed by atoms with Crippen LogP contribution in [0.3, 0.4) is 0 Å². The Bertz CT molecular complexity index is 812. The number of aromatic nitrogens is 2. The zero-order chi connectivity index (χ0) is 15.7. The van der Waals surface area contributed by atoms with Crippen LogP contribution in [-0.4, -0.2) is 46.6 Å². The van der Waals surface area contributed by atoms with Gasteiger partial charge >= 0.3 is 5.96 Å². The van der Waals surface area contributed by atoms with Crippen molar-refractivity contribution in [1.82, 2.24) is 15.5 Å². The Morgan fingerprint density at radius 2 is 2.32 bits per heavy atom. The molecule has 2 aliphatic heterocycles. The van der Waals surface area contributed by atoms with Crippen molar-refractivity contribution in [3.8, 4) is 0 Å². The molecule has 0 saturated carbocycles. The summed E-state index contributed by atoms with van der Waals surface area (Å²) < 4.78 is 1.60. The van der Waals surface area contributed by atoms with E-state index in [9.17, 15) is 4.79 Å². The van der Waals surface area contributed by atoms with E-state index in [2.05, 4.69) is 31.4 Å². The van der Waals surface area contributed by atoms with Gasteiger partial charge in [0.2, 0.25) is 5.70 Å². The topological polar surface area (TPSA) is 82.6 Å².